The molecule has 9 heteroatoms. The fourth-order valence-electron chi connectivity index (χ4n) is 2.72. The molecular formula is C20H16F3NO5. The number of nitrogens with one attached hydrogen (secondary N) is 1. The molecule has 0 fully saturated rings. The van der Waals surface area contributed by atoms with Gasteiger partial charge >= 0.3 is 11.8 Å². The van der Waals surface area contributed by atoms with Gasteiger partial charge < -0.3 is 19.2 Å². The highest BCUT2D eigenvalue weighted by molar-refractivity contribution is 5.93. The van der Waals surface area contributed by atoms with E-state index < -0.39 is 29.9 Å². The van der Waals surface area contributed by atoms with Gasteiger partial charge in [-0.15, -0.1) is 0 Å². The van der Waals surface area contributed by atoms with Crippen molar-refractivity contribution in [2.24, 2.45) is 0 Å². The maximum absolute atomic E-state index is 13.1. The standard InChI is InChI=1S/C20H16F3NO5/c1-11-3-6-16(27-2)15(7-11)24-18(25)10-28-12-4-5-13-14(20(21,22)23)9-19(26)29-17(13)8-12/h3-9H,10H2,1-2H3,(H,24,25). The number of alkyl halides is 3. The molecule has 1 amide bonds. The van der Waals surface area contributed by atoms with Crippen molar-refractivity contribution in [2.45, 2.75) is 13.1 Å². The van der Waals surface area contributed by atoms with Crippen molar-refractivity contribution in [1.29, 1.82) is 0 Å². The first-order valence-electron chi connectivity index (χ1n) is 8.40. The zero-order valence-electron chi connectivity index (χ0n) is 15.4. The Kier molecular flexibility index (Phi) is 5.49. The summed E-state index contributed by atoms with van der Waals surface area (Å²) < 4.78 is 54.5. The number of anilines is 1. The maximum atomic E-state index is 13.1. The molecule has 0 aliphatic heterocycles. The molecule has 3 rings (SSSR count). The smallest absolute Gasteiger partial charge is 0.417 e. The molecule has 1 heterocycles. The van der Waals surface area contributed by atoms with E-state index in [2.05, 4.69) is 5.32 Å². The van der Waals surface area contributed by atoms with Crippen molar-refractivity contribution >= 4 is 22.6 Å². The second-order valence-corrected chi connectivity index (χ2v) is 6.18. The summed E-state index contributed by atoms with van der Waals surface area (Å²) >= 11 is 0. The van der Waals surface area contributed by atoms with Crippen LogP contribution in [0.15, 0.2) is 51.7 Å². The Bertz CT molecular complexity index is 1120. The summed E-state index contributed by atoms with van der Waals surface area (Å²) in [4.78, 5) is 23.6. The van der Waals surface area contributed by atoms with E-state index in [1.165, 1.54) is 13.2 Å². The van der Waals surface area contributed by atoms with E-state index in [4.69, 9.17) is 13.9 Å². The van der Waals surface area contributed by atoms with Crippen molar-refractivity contribution in [2.75, 3.05) is 19.0 Å². The average molecular weight is 407 g/mol. The zero-order chi connectivity index (χ0) is 21.2. The van der Waals surface area contributed by atoms with E-state index in [0.29, 0.717) is 17.5 Å². The fraction of sp³-hybridized carbons (Fsp3) is 0.200. The molecule has 2 aromatic carbocycles. The van der Waals surface area contributed by atoms with E-state index in [9.17, 15) is 22.8 Å². The van der Waals surface area contributed by atoms with Gasteiger partial charge in [-0.1, -0.05) is 6.07 Å². The van der Waals surface area contributed by atoms with Gasteiger partial charge in [-0.3, -0.25) is 4.79 Å². The topological polar surface area (TPSA) is 77.8 Å². The summed E-state index contributed by atoms with van der Waals surface area (Å²) in [5.74, 6) is 0.0435. The van der Waals surface area contributed by atoms with Gasteiger partial charge in [0.1, 0.15) is 17.1 Å². The largest absolute Gasteiger partial charge is 0.495 e. The Labute approximate surface area is 162 Å². The minimum Gasteiger partial charge on any atom is -0.495 e. The molecule has 29 heavy (non-hydrogen) atoms. The van der Waals surface area contributed by atoms with Crippen LogP contribution >= 0.6 is 0 Å². The Hall–Kier alpha value is -3.49. The van der Waals surface area contributed by atoms with Gasteiger partial charge in [0.2, 0.25) is 0 Å². The summed E-state index contributed by atoms with van der Waals surface area (Å²) in [5, 5.41) is 2.36. The summed E-state index contributed by atoms with van der Waals surface area (Å²) in [5.41, 5.74) is -1.15. The third kappa shape index (κ3) is 4.68. The number of rotatable bonds is 5. The van der Waals surface area contributed by atoms with Gasteiger partial charge in [-0.05, 0) is 36.8 Å². The number of carbonyl (C=O) groups excluding carboxylic acids is 1. The first kappa shape index (κ1) is 20.2. The van der Waals surface area contributed by atoms with Crippen LogP contribution in [-0.4, -0.2) is 19.6 Å². The predicted octanol–water partition coefficient (Wildman–Crippen LogP) is 4.15. The number of fused-ring (bicyclic) bond motifs is 1. The number of benzene rings is 2. The highest BCUT2D eigenvalue weighted by atomic mass is 19.4. The van der Waals surface area contributed by atoms with Gasteiger partial charge in [0.25, 0.3) is 5.91 Å². The first-order chi connectivity index (χ1) is 13.7. The van der Waals surface area contributed by atoms with Crippen LogP contribution in [0.5, 0.6) is 11.5 Å². The number of hydrogen-bond acceptors (Lipinski definition) is 5. The minimum absolute atomic E-state index is 0.0753. The number of carbonyl (C=O) groups is 1. The second-order valence-electron chi connectivity index (χ2n) is 6.18. The van der Waals surface area contributed by atoms with Crippen LogP contribution in [0.2, 0.25) is 0 Å². The van der Waals surface area contributed by atoms with Crippen LogP contribution in [0, 0.1) is 6.92 Å². The normalized spacial score (nSPS) is 11.3. The average Bonchev–Trinajstić information content (AvgIpc) is 2.65. The van der Waals surface area contributed by atoms with Gasteiger partial charge in [0.05, 0.1) is 18.4 Å². The lowest BCUT2D eigenvalue weighted by Gasteiger charge is -2.12. The van der Waals surface area contributed by atoms with Crippen LogP contribution in [0.3, 0.4) is 0 Å². The highest BCUT2D eigenvalue weighted by Crippen LogP contribution is 2.34. The Morgan fingerprint density at radius 3 is 2.59 bits per heavy atom. The Morgan fingerprint density at radius 1 is 1.14 bits per heavy atom. The van der Waals surface area contributed by atoms with E-state index in [0.717, 1.165) is 17.7 Å². The van der Waals surface area contributed by atoms with Gasteiger partial charge in [-0.2, -0.15) is 13.2 Å². The number of methoxy groups -OCH3 is 1. The van der Waals surface area contributed by atoms with E-state index in [1.807, 2.05) is 13.0 Å². The van der Waals surface area contributed by atoms with Crippen LogP contribution in [0.4, 0.5) is 18.9 Å². The number of ether oxygens (including phenoxy) is 2. The lowest BCUT2D eigenvalue weighted by Crippen LogP contribution is -2.20. The third-order valence-electron chi connectivity index (χ3n) is 4.02. The molecule has 0 unspecified atom stereocenters. The number of hydrogen-bond donors (Lipinski definition) is 1. The molecular weight excluding hydrogens is 391 g/mol. The summed E-state index contributed by atoms with van der Waals surface area (Å²) in [6.07, 6.45) is -4.71. The molecule has 3 aromatic rings. The number of amides is 1. The lowest BCUT2D eigenvalue weighted by atomic mass is 10.1. The molecule has 0 radical (unpaired) electrons. The molecule has 0 spiro atoms. The SMILES string of the molecule is COc1ccc(C)cc1NC(=O)COc1ccc2c(C(F)(F)F)cc(=O)oc2c1. The van der Waals surface area contributed by atoms with Crippen LogP contribution in [0.1, 0.15) is 11.1 Å². The molecule has 0 atom stereocenters. The molecule has 152 valence electrons. The van der Waals surface area contributed by atoms with Crippen molar-refractivity contribution < 1.29 is 31.9 Å². The summed E-state index contributed by atoms with van der Waals surface area (Å²) in [7, 11) is 1.47. The quantitative estimate of drug-likeness (QED) is 0.643. The predicted molar refractivity (Wildman–Crippen MR) is 99.3 cm³/mol. The first-order valence-corrected chi connectivity index (χ1v) is 8.40. The number of aryl methyl sites for hydroxylation is 1. The maximum Gasteiger partial charge on any atom is 0.417 e. The van der Waals surface area contributed by atoms with Crippen LogP contribution in [0.25, 0.3) is 11.0 Å². The van der Waals surface area contributed by atoms with E-state index >= 15 is 0 Å². The molecule has 0 saturated carbocycles. The summed E-state index contributed by atoms with van der Waals surface area (Å²) in [6.45, 7) is 1.44. The van der Waals surface area contributed by atoms with Crippen molar-refractivity contribution in [3.05, 3.63) is 64.0 Å². The fourth-order valence-corrected chi connectivity index (χ4v) is 2.72. The molecule has 1 N–H and O–H groups in total. The molecule has 0 aliphatic rings. The Balaban J connectivity index is 1.77. The van der Waals surface area contributed by atoms with Gasteiger partial charge in [0.15, 0.2) is 6.61 Å². The molecule has 6 nitrogen and oxygen atoms in total. The van der Waals surface area contributed by atoms with Crippen molar-refractivity contribution in [3.8, 4) is 11.5 Å². The van der Waals surface area contributed by atoms with Crippen LogP contribution in [-0.2, 0) is 11.0 Å². The van der Waals surface area contributed by atoms with Crippen LogP contribution < -0.4 is 20.4 Å². The van der Waals surface area contributed by atoms with Crippen molar-refractivity contribution in [1.82, 2.24) is 0 Å². The second kappa shape index (κ2) is 7.86. The molecule has 0 aliphatic carbocycles. The zero-order valence-corrected chi connectivity index (χ0v) is 15.4. The molecule has 1 aromatic heterocycles. The van der Waals surface area contributed by atoms with E-state index in [1.54, 1.807) is 12.1 Å². The monoisotopic (exact) mass is 407 g/mol. The van der Waals surface area contributed by atoms with Gasteiger partial charge in [-0.25, -0.2) is 4.79 Å². The van der Waals surface area contributed by atoms with Crippen molar-refractivity contribution in [3.63, 3.8) is 0 Å². The Morgan fingerprint density at radius 2 is 1.90 bits per heavy atom. The number of halogens is 3. The van der Waals surface area contributed by atoms with E-state index in [-0.39, 0.29) is 16.7 Å². The van der Waals surface area contributed by atoms with Gasteiger partial charge in [0, 0.05) is 17.5 Å². The summed E-state index contributed by atoms with van der Waals surface area (Å²) in [6, 6.07) is 9.16. The molecule has 0 bridgehead atoms. The lowest BCUT2D eigenvalue weighted by molar-refractivity contribution is -0.136. The highest BCUT2D eigenvalue weighted by Gasteiger charge is 2.33. The minimum atomic E-state index is -4.71. The molecule has 0 saturated heterocycles. The third-order valence-corrected chi connectivity index (χ3v) is 4.02.